The van der Waals surface area contributed by atoms with E-state index in [1.807, 2.05) is 36.4 Å². The lowest BCUT2D eigenvalue weighted by molar-refractivity contribution is -0.384. The first kappa shape index (κ1) is 20.8. The molecular weight excluding hydrogens is 406 g/mol. The molecule has 0 aliphatic rings. The van der Waals surface area contributed by atoms with Crippen molar-refractivity contribution in [3.05, 3.63) is 112 Å². The zero-order valence-electron chi connectivity index (χ0n) is 17.2. The second kappa shape index (κ2) is 9.14. The molecule has 0 amide bonds. The van der Waals surface area contributed by atoms with Crippen LogP contribution in [0.15, 0.2) is 84.9 Å². The summed E-state index contributed by atoms with van der Waals surface area (Å²) < 4.78 is 10.8. The van der Waals surface area contributed by atoms with E-state index in [1.54, 1.807) is 12.1 Å². The Bertz CT molecular complexity index is 1320. The summed E-state index contributed by atoms with van der Waals surface area (Å²) in [6, 6.07) is 24.8. The van der Waals surface area contributed by atoms with Crippen LogP contribution >= 0.6 is 0 Å². The van der Waals surface area contributed by atoms with Crippen LogP contribution in [-0.2, 0) is 0 Å². The van der Waals surface area contributed by atoms with E-state index >= 15 is 0 Å². The van der Waals surface area contributed by atoms with Crippen molar-refractivity contribution in [3.8, 4) is 11.5 Å². The Kier molecular flexibility index (Phi) is 5.94. The molecule has 6 heteroatoms. The minimum absolute atomic E-state index is 0.0959. The maximum atomic E-state index is 12.4. The van der Waals surface area contributed by atoms with Crippen molar-refractivity contribution in [1.82, 2.24) is 0 Å². The molecule has 0 heterocycles. The minimum atomic E-state index is -0.628. The van der Waals surface area contributed by atoms with Crippen molar-refractivity contribution < 1.29 is 19.2 Å². The van der Waals surface area contributed by atoms with Crippen molar-refractivity contribution in [3.63, 3.8) is 0 Å². The maximum Gasteiger partial charge on any atom is 0.343 e. The Balaban J connectivity index is 1.54. The molecule has 0 aromatic heterocycles. The van der Waals surface area contributed by atoms with Gasteiger partial charge in [-0.15, -0.1) is 0 Å². The van der Waals surface area contributed by atoms with E-state index in [9.17, 15) is 14.9 Å². The van der Waals surface area contributed by atoms with Gasteiger partial charge in [0.2, 0.25) is 0 Å². The fourth-order valence-corrected chi connectivity index (χ4v) is 3.33. The van der Waals surface area contributed by atoms with Crippen LogP contribution in [0.2, 0.25) is 0 Å². The van der Waals surface area contributed by atoms with Gasteiger partial charge in [-0.25, -0.2) is 4.79 Å². The van der Waals surface area contributed by atoms with Crippen LogP contribution in [0.3, 0.4) is 0 Å². The number of carbonyl (C=O) groups is 1. The van der Waals surface area contributed by atoms with Gasteiger partial charge in [0.05, 0.1) is 17.6 Å². The van der Waals surface area contributed by atoms with E-state index in [0.29, 0.717) is 5.75 Å². The van der Waals surface area contributed by atoms with Crippen LogP contribution in [0.25, 0.3) is 22.9 Å². The highest BCUT2D eigenvalue weighted by Gasteiger charge is 2.14. The molecule has 0 saturated heterocycles. The number of hydrogen-bond donors (Lipinski definition) is 0. The molecule has 32 heavy (non-hydrogen) atoms. The number of nitro benzene ring substituents is 1. The number of non-ortho nitro benzene ring substituents is 1. The summed E-state index contributed by atoms with van der Waals surface area (Å²) in [5, 5.41) is 13.1. The number of fused-ring (bicyclic) bond motifs is 1. The number of nitro groups is 1. The standard InChI is InChI=1S/C26H19NO5/c1-31-25-17-18(9-11-20-7-4-6-19-5-2-3-8-23(19)20)10-16-24(25)32-26(28)21-12-14-22(15-13-21)27(29)30/h2-17H,1H3/b11-9+. The Morgan fingerprint density at radius 3 is 2.38 bits per heavy atom. The van der Waals surface area contributed by atoms with Crippen molar-refractivity contribution in [2.45, 2.75) is 0 Å². The summed E-state index contributed by atoms with van der Waals surface area (Å²) in [5.41, 5.74) is 2.08. The molecule has 0 spiro atoms. The van der Waals surface area contributed by atoms with Gasteiger partial charge < -0.3 is 9.47 Å². The van der Waals surface area contributed by atoms with Crippen LogP contribution in [0.4, 0.5) is 5.69 Å². The molecule has 4 rings (SSSR count). The molecule has 0 radical (unpaired) electrons. The zero-order chi connectivity index (χ0) is 22.5. The highest BCUT2D eigenvalue weighted by molar-refractivity contribution is 5.93. The number of rotatable bonds is 6. The summed E-state index contributed by atoms with van der Waals surface area (Å²) in [7, 11) is 1.50. The van der Waals surface area contributed by atoms with E-state index in [-0.39, 0.29) is 17.0 Å². The van der Waals surface area contributed by atoms with Gasteiger partial charge in [0.15, 0.2) is 11.5 Å². The minimum Gasteiger partial charge on any atom is -0.493 e. The third kappa shape index (κ3) is 4.49. The maximum absolute atomic E-state index is 12.4. The molecule has 6 nitrogen and oxygen atoms in total. The van der Waals surface area contributed by atoms with Gasteiger partial charge in [-0.05, 0) is 46.2 Å². The Labute approximate surface area is 184 Å². The number of esters is 1. The number of methoxy groups -OCH3 is 1. The average Bonchev–Trinajstić information content (AvgIpc) is 2.83. The lowest BCUT2D eigenvalue weighted by Crippen LogP contribution is -2.09. The normalized spacial score (nSPS) is 10.9. The van der Waals surface area contributed by atoms with Gasteiger partial charge in [0, 0.05) is 12.1 Å². The van der Waals surface area contributed by atoms with Crippen LogP contribution in [-0.4, -0.2) is 18.0 Å². The average molecular weight is 425 g/mol. The summed E-state index contributed by atoms with van der Waals surface area (Å²) >= 11 is 0. The van der Waals surface area contributed by atoms with E-state index in [0.717, 1.165) is 16.5 Å². The molecule has 4 aromatic carbocycles. The van der Waals surface area contributed by atoms with Crippen LogP contribution in [0.1, 0.15) is 21.5 Å². The fourth-order valence-electron chi connectivity index (χ4n) is 3.33. The first-order chi connectivity index (χ1) is 15.5. The van der Waals surface area contributed by atoms with Gasteiger partial charge in [-0.3, -0.25) is 10.1 Å². The van der Waals surface area contributed by atoms with E-state index in [2.05, 4.69) is 24.3 Å². The van der Waals surface area contributed by atoms with E-state index in [4.69, 9.17) is 9.47 Å². The van der Waals surface area contributed by atoms with Gasteiger partial charge in [-0.1, -0.05) is 60.7 Å². The van der Waals surface area contributed by atoms with E-state index in [1.165, 1.54) is 36.8 Å². The second-order valence-electron chi connectivity index (χ2n) is 7.01. The van der Waals surface area contributed by atoms with Gasteiger partial charge >= 0.3 is 5.97 Å². The molecule has 0 aliphatic heterocycles. The molecule has 0 unspecified atom stereocenters. The molecule has 0 saturated carbocycles. The third-order valence-corrected chi connectivity index (χ3v) is 4.98. The summed E-state index contributed by atoms with van der Waals surface area (Å²) in [5.74, 6) is 0.0377. The van der Waals surface area contributed by atoms with Crippen molar-refractivity contribution in [2.24, 2.45) is 0 Å². The van der Waals surface area contributed by atoms with Crippen molar-refractivity contribution in [1.29, 1.82) is 0 Å². The molecule has 158 valence electrons. The number of carbonyl (C=O) groups excluding carboxylic acids is 1. The number of ether oxygens (including phenoxy) is 2. The molecule has 0 N–H and O–H groups in total. The third-order valence-electron chi connectivity index (χ3n) is 4.98. The lowest BCUT2D eigenvalue weighted by atomic mass is 10.0. The predicted octanol–water partition coefficient (Wildman–Crippen LogP) is 6.15. The van der Waals surface area contributed by atoms with Crippen molar-refractivity contribution >= 4 is 34.6 Å². The highest BCUT2D eigenvalue weighted by atomic mass is 16.6. The predicted molar refractivity (Wildman–Crippen MR) is 124 cm³/mol. The second-order valence-corrected chi connectivity index (χ2v) is 7.01. The Morgan fingerprint density at radius 1 is 0.875 bits per heavy atom. The lowest BCUT2D eigenvalue weighted by Gasteiger charge is -2.10. The summed E-state index contributed by atoms with van der Waals surface area (Å²) in [6.07, 6.45) is 3.99. The van der Waals surface area contributed by atoms with Gasteiger partial charge in [-0.2, -0.15) is 0 Å². The molecule has 0 bridgehead atoms. The topological polar surface area (TPSA) is 78.7 Å². The monoisotopic (exact) mass is 425 g/mol. The van der Waals surface area contributed by atoms with E-state index < -0.39 is 10.9 Å². The summed E-state index contributed by atoms with van der Waals surface area (Å²) in [4.78, 5) is 22.7. The SMILES string of the molecule is COc1cc(/C=C/c2cccc3ccccc23)ccc1OC(=O)c1ccc([N+](=O)[O-])cc1. The Morgan fingerprint density at radius 2 is 1.62 bits per heavy atom. The first-order valence-corrected chi connectivity index (χ1v) is 9.85. The van der Waals surface area contributed by atoms with Crippen molar-refractivity contribution in [2.75, 3.05) is 7.11 Å². The number of nitrogens with zero attached hydrogens (tertiary/aromatic N) is 1. The van der Waals surface area contributed by atoms with Gasteiger partial charge in [0.1, 0.15) is 0 Å². The first-order valence-electron chi connectivity index (χ1n) is 9.85. The highest BCUT2D eigenvalue weighted by Crippen LogP contribution is 2.30. The zero-order valence-corrected chi connectivity index (χ0v) is 17.2. The van der Waals surface area contributed by atoms with Gasteiger partial charge in [0.25, 0.3) is 5.69 Å². The smallest absolute Gasteiger partial charge is 0.343 e. The molecule has 0 aliphatic carbocycles. The Hall–Kier alpha value is -4.45. The molecule has 4 aromatic rings. The van der Waals surface area contributed by atoms with Crippen LogP contribution in [0.5, 0.6) is 11.5 Å². The molecule has 0 fully saturated rings. The van der Waals surface area contributed by atoms with Crippen LogP contribution < -0.4 is 9.47 Å². The quantitative estimate of drug-likeness (QED) is 0.122. The number of benzene rings is 4. The largest absolute Gasteiger partial charge is 0.493 e. The fraction of sp³-hybridized carbons (Fsp3) is 0.0385. The van der Waals surface area contributed by atoms with Crippen LogP contribution in [0, 0.1) is 10.1 Å². The molecular formula is C26H19NO5. The number of hydrogen-bond acceptors (Lipinski definition) is 5. The summed E-state index contributed by atoms with van der Waals surface area (Å²) in [6.45, 7) is 0. The molecule has 0 atom stereocenters.